The van der Waals surface area contributed by atoms with Gasteiger partial charge in [0.2, 0.25) is 5.91 Å². The number of carbonyl (C=O) groups excluding carboxylic acids is 1. The van der Waals surface area contributed by atoms with Crippen LogP contribution in [0.2, 0.25) is 0 Å². The summed E-state index contributed by atoms with van der Waals surface area (Å²) in [6.45, 7) is 4.21. The monoisotopic (exact) mass is 860 g/mol. The van der Waals surface area contributed by atoms with E-state index in [2.05, 4.69) is 31.3 Å². The molecule has 5 heteroatoms. The molecule has 0 spiro atoms. The van der Waals surface area contributed by atoms with Crippen molar-refractivity contribution in [3.05, 3.63) is 24.3 Å². The third-order valence-electron chi connectivity index (χ3n) is 13.0. The third-order valence-corrected chi connectivity index (χ3v) is 13.0. The Morgan fingerprint density at radius 2 is 0.656 bits per heavy atom. The molecule has 0 fully saturated rings. The van der Waals surface area contributed by atoms with Crippen molar-refractivity contribution in [1.82, 2.24) is 5.32 Å². The van der Waals surface area contributed by atoms with Crippen LogP contribution in [0.15, 0.2) is 24.3 Å². The Labute approximate surface area is 382 Å². The molecule has 4 N–H and O–H groups in total. The molecular weight excluding hydrogens is 751 g/mol. The Balaban J connectivity index is 3.52. The van der Waals surface area contributed by atoms with Gasteiger partial charge in [-0.15, -0.1) is 0 Å². The Hall–Kier alpha value is -1.17. The van der Waals surface area contributed by atoms with E-state index in [1.807, 2.05) is 6.08 Å². The molecule has 0 aromatic heterocycles. The van der Waals surface area contributed by atoms with E-state index in [0.29, 0.717) is 6.42 Å². The van der Waals surface area contributed by atoms with Gasteiger partial charge in [0, 0.05) is 0 Å². The number of rotatable bonds is 51. The zero-order valence-electron chi connectivity index (χ0n) is 41.3. The highest BCUT2D eigenvalue weighted by Gasteiger charge is 2.22. The van der Waals surface area contributed by atoms with Gasteiger partial charge in [0.15, 0.2) is 0 Å². The summed E-state index contributed by atoms with van der Waals surface area (Å²) in [5.41, 5.74) is 0. The fourth-order valence-electron chi connectivity index (χ4n) is 8.71. The zero-order valence-corrected chi connectivity index (χ0v) is 41.3. The SMILES string of the molecule is CCCCCCCCCCCCCC/C=C\CCCCCCCCCCCCCCCCCC(O)C(=O)NC(CO)C(O)/C=C/CCCCCCCCCCCCCCCC. The Morgan fingerprint density at radius 1 is 0.393 bits per heavy atom. The molecule has 0 radical (unpaired) electrons. The number of nitrogens with one attached hydrogen (secondary N) is 1. The van der Waals surface area contributed by atoms with E-state index in [1.165, 1.54) is 250 Å². The highest BCUT2D eigenvalue weighted by Crippen LogP contribution is 2.17. The molecule has 3 unspecified atom stereocenters. The van der Waals surface area contributed by atoms with E-state index in [-0.39, 0.29) is 6.61 Å². The molecule has 0 saturated heterocycles. The normalized spacial score (nSPS) is 13.5. The number of aliphatic hydroxyl groups is 3. The molecule has 0 aliphatic heterocycles. The van der Waals surface area contributed by atoms with Gasteiger partial charge in [0.05, 0.1) is 18.8 Å². The minimum absolute atomic E-state index is 0.360. The molecule has 1 amide bonds. The van der Waals surface area contributed by atoms with Crippen molar-refractivity contribution in [3.63, 3.8) is 0 Å². The summed E-state index contributed by atoms with van der Waals surface area (Å²) in [7, 11) is 0. The maximum atomic E-state index is 12.5. The minimum atomic E-state index is -1.10. The van der Waals surface area contributed by atoms with E-state index in [9.17, 15) is 20.1 Å². The molecule has 362 valence electrons. The summed E-state index contributed by atoms with van der Waals surface area (Å²) >= 11 is 0. The van der Waals surface area contributed by atoms with Crippen LogP contribution in [0.5, 0.6) is 0 Å². The predicted molar refractivity (Wildman–Crippen MR) is 268 cm³/mol. The van der Waals surface area contributed by atoms with Crippen LogP contribution in [0.4, 0.5) is 0 Å². The summed E-state index contributed by atoms with van der Waals surface area (Å²) in [5.74, 6) is -0.499. The lowest BCUT2D eigenvalue weighted by atomic mass is 10.0. The molecule has 3 atom stereocenters. The number of unbranched alkanes of at least 4 members (excludes halogenated alkanes) is 41. The quantitative estimate of drug-likeness (QED) is 0.0362. The first kappa shape index (κ1) is 59.8. The predicted octanol–water partition coefficient (Wildman–Crippen LogP) is 16.9. The van der Waals surface area contributed by atoms with Crippen molar-refractivity contribution >= 4 is 5.91 Å². The minimum Gasteiger partial charge on any atom is -0.394 e. The number of amides is 1. The van der Waals surface area contributed by atoms with E-state index in [4.69, 9.17) is 0 Å². The van der Waals surface area contributed by atoms with Crippen LogP contribution < -0.4 is 5.32 Å². The third kappa shape index (κ3) is 46.6. The first-order chi connectivity index (χ1) is 30.1. The molecule has 5 nitrogen and oxygen atoms in total. The van der Waals surface area contributed by atoms with Crippen LogP contribution in [0, 0.1) is 0 Å². The second-order valence-electron chi connectivity index (χ2n) is 19.1. The first-order valence-corrected chi connectivity index (χ1v) is 27.7. The summed E-state index contributed by atoms with van der Waals surface area (Å²) in [6.07, 6.45) is 65.4. The smallest absolute Gasteiger partial charge is 0.249 e. The molecule has 61 heavy (non-hydrogen) atoms. The molecule has 0 rings (SSSR count). The molecule has 0 aliphatic rings. The Bertz CT molecular complexity index is 905. The maximum absolute atomic E-state index is 12.5. The standard InChI is InChI=1S/C56H109NO4/c1-3-5-7-9-11-13-15-17-19-21-22-23-24-25-26-27-28-29-30-31-32-33-34-35-37-39-41-43-45-47-49-51-55(60)56(61)57-53(52-58)54(59)50-48-46-44-42-40-38-36-20-18-16-14-12-10-8-6-4-2/h25-26,48,50,53-55,58-60H,3-24,27-47,49,51-52H2,1-2H3,(H,57,61)/b26-25-,50-48+. The van der Waals surface area contributed by atoms with Crippen molar-refractivity contribution in [2.24, 2.45) is 0 Å². The van der Waals surface area contributed by atoms with Gasteiger partial charge < -0.3 is 20.6 Å². The molecule has 0 aromatic rings. The molecule has 0 bridgehead atoms. The van der Waals surface area contributed by atoms with Crippen molar-refractivity contribution in [1.29, 1.82) is 0 Å². The topological polar surface area (TPSA) is 89.8 Å². The summed E-state index contributed by atoms with van der Waals surface area (Å²) in [5, 5.41) is 33.3. The van der Waals surface area contributed by atoms with Crippen molar-refractivity contribution in [2.45, 2.75) is 321 Å². The van der Waals surface area contributed by atoms with Gasteiger partial charge in [-0.05, 0) is 44.9 Å². The molecule has 0 aromatic carbocycles. The molecule has 0 saturated carbocycles. The average molecular weight is 860 g/mol. The maximum Gasteiger partial charge on any atom is 0.249 e. The Morgan fingerprint density at radius 3 is 0.951 bits per heavy atom. The van der Waals surface area contributed by atoms with Gasteiger partial charge >= 0.3 is 0 Å². The fourth-order valence-corrected chi connectivity index (χ4v) is 8.71. The molecule has 0 heterocycles. The first-order valence-electron chi connectivity index (χ1n) is 27.7. The number of hydrogen-bond donors (Lipinski definition) is 4. The van der Waals surface area contributed by atoms with E-state index >= 15 is 0 Å². The largest absolute Gasteiger partial charge is 0.394 e. The number of hydrogen-bond acceptors (Lipinski definition) is 4. The van der Waals surface area contributed by atoms with Gasteiger partial charge in [-0.2, -0.15) is 0 Å². The summed E-state index contributed by atoms with van der Waals surface area (Å²) < 4.78 is 0. The lowest BCUT2D eigenvalue weighted by Crippen LogP contribution is -2.48. The van der Waals surface area contributed by atoms with Crippen LogP contribution in [-0.2, 0) is 4.79 Å². The van der Waals surface area contributed by atoms with Gasteiger partial charge in [-0.1, -0.05) is 282 Å². The second-order valence-corrected chi connectivity index (χ2v) is 19.1. The van der Waals surface area contributed by atoms with Crippen molar-refractivity contribution < 1.29 is 20.1 Å². The summed E-state index contributed by atoms with van der Waals surface area (Å²) in [4.78, 5) is 12.5. The van der Waals surface area contributed by atoms with Gasteiger partial charge in [-0.3, -0.25) is 4.79 Å². The highest BCUT2D eigenvalue weighted by atomic mass is 16.3. The number of allylic oxidation sites excluding steroid dienone is 3. The van der Waals surface area contributed by atoms with Crippen LogP contribution in [0.3, 0.4) is 0 Å². The average Bonchev–Trinajstić information content (AvgIpc) is 3.26. The molecule has 0 aliphatic carbocycles. The molecular formula is C56H109NO4. The van der Waals surface area contributed by atoms with E-state index in [0.717, 1.165) is 32.1 Å². The lowest BCUT2D eigenvalue weighted by Gasteiger charge is -2.21. The zero-order chi connectivity index (χ0) is 44.4. The van der Waals surface area contributed by atoms with Crippen LogP contribution >= 0.6 is 0 Å². The second kappa shape index (κ2) is 51.5. The van der Waals surface area contributed by atoms with E-state index < -0.39 is 24.2 Å². The van der Waals surface area contributed by atoms with Gasteiger partial charge in [0.25, 0.3) is 0 Å². The van der Waals surface area contributed by atoms with Crippen LogP contribution in [0.1, 0.15) is 303 Å². The van der Waals surface area contributed by atoms with E-state index in [1.54, 1.807) is 6.08 Å². The fraction of sp³-hybridized carbons (Fsp3) is 0.911. The van der Waals surface area contributed by atoms with Gasteiger partial charge in [-0.25, -0.2) is 0 Å². The Kier molecular flexibility index (Phi) is 50.5. The number of aliphatic hydroxyl groups excluding tert-OH is 3. The lowest BCUT2D eigenvalue weighted by molar-refractivity contribution is -0.131. The number of carbonyl (C=O) groups is 1. The van der Waals surface area contributed by atoms with Crippen LogP contribution in [-0.4, -0.2) is 46.1 Å². The van der Waals surface area contributed by atoms with Gasteiger partial charge in [0.1, 0.15) is 6.10 Å². The van der Waals surface area contributed by atoms with Crippen molar-refractivity contribution in [3.8, 4) is 0 Å². The summed E-state index contributed by atoms with van der Waals surface area (Å²) in [6, 6.07) is -0.795. The van der Waals surface area contributed by atoms with Crippen molar-refractivity contribution in [2.75, 3.05) is 6.61 Å². The van der Waals surface area contributed by atoms with Crippen LogP contribution in [0.25, 0.3) is 0 Å². The highest BCUT2D eigenvalue weighted by molar-refractivity contribution is 5.80.